The number of carbonyl (C=O) groups is 1. The molecule has 2 aromatic rings. The fourth-order valence-corrected chi connectivity index (χ4v) is 4.33. The van der Waals surface area contributed by atoms with E-state index in [4.69, 9.17) is 10.3 Å². The minimum Gasteiger partial charge on any atom is -0.342 e. The minimum atomic E-state index is -0.432. The Morgan fingerprint density at radius 3 is 2.83 bits per heavy atom. The van der Waals surface area contributed by atoms with Gasteiger partial charge in [0.25, 0.3) is 5.91 Å². The average Bonchev–Trinajstić information content (AvgIpc) is 3.17. The third-order valence-electron chi connectivity index (χ3n) is 4.78. The van der Waals surface area contributed by atoms with Crippen LogP contribution in [0.1, 0.15) is 63.9 Å². The number of aromatic nitrogens is 2. The van der Waals surface area contributed by atoms with Crippen LogP contribution in [0, 0.1) is 0 Å². The van der Waals surface area contributed by atoms with Gasteiger partial charge in [-0.3, -0.25) is 4.79 Å². The maximum atomic E-state index is 12.3. The van der Waals surface area contributed by atoms with Gasteiger partial charge in [-0.2, -0.15) is 4.98 Å². The summed E-state index contributed by atoms with van der Waals surface area (Å²) in [5.74, 6) is 0.890. The van der Waals surface area contributed by atoms with Crippen LogP contribution in [0.3, 0.4) is 0 Å². The highest BCUT2D eigenvalue weighted by Gasteiger charge is 2.38. The van der Waals surface area contributed by atoms with E-state index >= 15 is 0 Å². The van der Waals surface area contributed by atoms with Crippen LogP contribution < -0.4 is 11.1 Å². The zero-order valence-electron chi connectivity index (χ0n) is 13.3. The Hall–Kier alpha value is -1.44. The quantitative estimate of drug-likeness (QED) is 0.865. The van der Waals surface area contributed by atoms with Crippen molar-refractivity contribution < 1.29 is 9.32 Å². The van der Waals surface area contributed by atoms with Crippen LogP contribution in [0.4, 0.5) is 0 Å². The predicted molar refractivity (Wildman–Crippen MR) is 93.4 cm³/mol. The van der Waals surface area contributed by atoms with E-state index in [1.165, 1.54) is 23.3 Å². The molecule has 1 amide bonds. The van der Waals surface area contributed by atoms with Crippen molar-refractivity contribution in [2.45, 2.75) is 57.0 Å². The molecule has 0 spiro atoms. The van der Waals surface area contributed by atoms with Gasteiger partial charge in [-0.15, -0.1) is 23.7 Å². The van der Waals surface area contributed by atoms with Crippen molar-refractivity contribution in [2.75, 3.05) is 0 Å². The molecule has 0 atom stereocenters. The number of nitrogens with one attached hydrogen (secondary N) is 1. The lowest BCUT2D eigenvalue weighted by molar-refractivity contribution is 0.0950. The molecule has 24 heavy (non-hydrogen) atoms. The van der Waals surface area contributed by atoms with Gasteiger partial charge in [-0.25, -0.2) is 0 Å². The molecular formula is C16H21ClN4O2S. The fourth-order valence-electron chi connectivity index (χ4n) is 3.16. The van der Waals surface area contributed by atoms with Crippen molar-refractivity contribution in [1.29, 1.82) is 0 Å². The second-order valence-corrected chi connectivity index (χ2v) is 7.61. The van der Waals surface area contributed by atoms with Gasteiger partial charge >= 0.3 is 0 Å². The summed E-state index contributed by atoms with van der Waals surface area (Å²) in [6, 6.07) is 2.02. The van der Waals surface area contributed by atoms with E-state index in [9.17, 15) is 4.79 Å². The Morgan fingerprint density at radius 1 is 1.33 bits per heavy atom. The fraction of sp³-hybridized carbons (Fsp3) is 0.562. The maximum absolute atomic E-state index is 12.3. The van der Waals surface area contributed by atoms with Crippen molar-refractivity contribution in [3.8, 4) is 0 Å². The van der Waals surface area contributed by atoms with Gasteiger partial charge in [0, 0.05) is 4.88 Å². The van der Waals surface area contributed by atoms with E-state index in [1.54, 1.807) is 11.3 Å². The Labute approximate surface area is 150 Å². The molecule has 8 heteroatoms. The van der Waals surface area contributed by atoms with E-state index in [0.29, 0.717) is 11.7 Å². The molecule has 2 aliphatic rings. The summed E-state index contributed by atoms with van der Waals surface area (Å²) in [6.45, 7) is 0.241. The Balaban J connectivity index is 0.00000169. The second-order valence-electron chi connectivity index (χ2n) is 6.47. The molecule has 2 aromatic heterocycles. The van der Waals surface area contributed by atoms with Gasteiger partial charge in [-0.1, -0.05) is 5.16 Å². The lowest BCUT2D eigenvalue weighted by atomic mass is 9.77. The van der Waals surface area contributed by atoms with Gasteiger partial charge in [0.2, 0.25) is 5.89 Å². The van der Waals surface area contributed by atoms with Crippen molar-refractivity contribution >= 4 is 29.7 Å². The summed E-state index contributed by atoms with van der Waals surface area (Å²) in [7, 11) is 0. The zero-order chi connectivity index (χ0) is 15.9. The van der Waals surface area contributed by atoms with E-state index in [2.05, 4.69) is 15.5 Å². The lowest BCUT2D eigenvalue weighted by Crippen LogP contribution is -2.44. The molecule has 2 heterocycles. The molecule has 0 aliphatic heterocycles. The Morgan fingerprint density at radius 2 is 2.12 bits per heavy atom. The number of hydrogen-bond donors (Lipinski definition) is 2. The first-order valence-electron chi connectivity index (χ1n) is 8.16. The van der Waals surface area contributed by atoms with Crippen LogP contribution in [0.15, 0.2) is 10.6 Å². The smallest absolute Gasteiger partial charge is 0.261 e. The largest absolute Gasteiger partial charge is 0.342 e. The van der Waals surface area contributed by atoms with Gasteiger partial charge in [0.1, 0.15) is 0 Å². The molecule has 3 N–H and O–H groups in total. The summed E-state index contributed by atoms with van der Waals surface area (Å²) < 4.78 is 5.20. The number of nitrogens with two attached hydrogens (primary N) is 1. The van der Waals surface area contributed by atoms with Crippen LogP contribution in [0.25, 0.3) is 0 Å². The highest BCUT2D eigenvalue weighted by molar-refractivity contribution is 7.14. The molecule has 0 saturated heterocycles. The molecule has 4 rings (SSSR count). The molecule has 0 bridgehead atoms. The number of halogens is 1. The van der Waals surface area contributed by atoms with Gasteiger partial charge in [0.05, 0.1) is 17.0 Å². The number of hydrogen-bond acceptors (Lipinski definition) is 6. The molecular weight excluding hydrogens is 348 g/mol. The number of fused-ring (bicyclic) bond motifs is 1. The molecule has 130 valence electrons. The SMILES string of the molecule is Cl.NC1(c2noc(CNC(=O)c3cc4c(s3)CCCC4)n2)CCC1. The first kappa shape index (κ1) is 17.4. The predicted octanol–water partition coefficient (Wildman–Crippen LogP) is 2.70. The summed E-state index contributed by atoms with van der Waals surface area (Å²) >= 11 is 1.60. The van der Waals surface area contributed by atoms with Crippen molar-refractivity contribution in [3.05, 3.63) is 33.1 Å². The Kier molecular flexibility index (Phi) is 4.94. The summed E-state index contributed by atoms with van der Waals surface area (Å²) in [4.78, 5) is 18.7. The zero-order valence-corrected chi connectivity index (χ0v) is 15.0. The topological polar surface area (TPSA) is 94.0 Å². The van der Waals surface area contributed by atoms with Crippen LogP contribution >= 0.6 is 23.7 Å². The second kappa shape index (κ2) is 6.82. The minimum absolute atomic E-state index is 0. The highest BCUT2D eigenvalue weighted by Crippen LogP contribution is 2.36. The number of rotatable bonds is 4. The number of thiophene rings is 1. The van der Waals surface area contributed by atoms with Gasteiger partial charge in [0.15, 0.2) is 5.82 Å². The molecule has 1 saturated carbocycles. The first-order chi connectivity index (χ1) is 11.1. The van der Waals surface area contributed by atoms with Crippen LogP contribution in [-0.4, -0.2) is 16.0 Å². The standard InChI is InChI=1S/C16H20N4O2S.ClH/c17-16(6-3-7-16)15-19-13(22-20-15)9-18-14(21)12-8-10-4-1-2-5-11(10)23-12;/h8H,1-7,9,17H2,(H,18,21);1H. The molecule has 6 nitrogen and oxygen atoms in total. The van der Waals surface area contributed by atoms with Crippen LogP contribution in [0.5, 0.6) is 0 Å². The lowest BCUT2D eigenvalue weighted by Gasteiger charge is -2.34. The van der Waals surface area contributed by atoms with Gasteiger partial charge < -0.3 is 15.6 Å². The number of nitrogens with zero attached hydrogens (tertiary/aromatic N) is 2. The summed E-state index contributed by atoms with van der Waals surface area (Å²) in [5.41, 5.74) is 7.07. The first-order valence-corrected chi connectivity index (χ1v) is 8.97. The number of aryl methyl sites for hydroxylation is 2. The van der Waals surface area contributed by atoms with E-state index in [1.807, 2.05) is 6.07 Å². The molecule has 0 unspecified atom stereocenters. The number of carbonyl (C=O) groups excluding carboxylic acids is 1. The third kappa shape index (κ3) is 3.20. The normalized spacial score (nSPS) is 18.2. The Bertz CT molecular complexity index is 715. The van der Waals surface area contributed by atoms with Crippen LogP contribution in [-0.2, 0) is 24.9 Å². The van der Waals surface area contributed by atoms with Crippen molar-refractivity contribution in [2.24, 2.45) is 5.73 Å². The highest BCUT2D eigenvalue weighted by atomic mass is 35.5. The summed E-state index contributed by atoms with van der Waals surface area (Å²) in [6.07, 6.45) is 7.50. The van der Waals surface area contributed by atoms with E-state index < -0.39 is 5.54 Å². The molecule has 0 aromatic carbocycles. The van der Waals surface area contributed by atoms with Crippen molar-refractivity contribution in [1.82, 2.24) is 15.5 Å². The van der Waals surface area contributed by atoms with Gasteiger partial charge in [-0.05, 0) is 56.6 Å². The molecule has 2 aliphatic carbocycles. The average molecular weight is 369 g/mol. The number of amides is 1. The van der Waals surface area contributed by atoms with Crippen molar-refractivity contribution in [3.63, 3.8) is 0 Å². The van der Waals surface area contributed by atoms with E-state index in [-0.39, 0.29) is 24.9 Å². The van der Waals surface area contributed by atoms with Crippen LogP contribution in [0.2, 0.25) is 0 Å². The molecule has 0 radical (unpaired) electrons. The monoisotopic (exact) mass is 368 g/mol. The van der Waals surface area contributed by atoms with E-state index in [0.717, 1.165) is 37.0 Å². The summed E-state index contributed by atoms with van der Waals surface area (Å²) in [5, 5.41) is 6.81. The molecule has 1 fully saturated rings. The maximum Gasteiger partial charge on any atom is 0.261 e. The third-order valence-corrected chi connectivity index (χ3v) is 6.02.